The summed E-state index contributed by atoms with van der Waals surface area (Å²) in [6.45, 7) is 1.30. The summed E-state index contributed by atoms with van der Waals surface area (Å²) in [4.78, 5) is 15.6. The molecule has 2 rings (SSSR count). The largest absolute Gasteiger partial charge is 0.367 e. The first-order valence-corrected chi connectivity index (χ1v) is 6.42. The highest BCUT2D eigenvalue weighted by Crippen LogP contribution is 2.08. The fourth-order valence-electron chi connectivity index (χ4n) is 1.40. The number of nitrogens with zero attached hydrogens (tertiary/aromatic N) is 1. The molecule has 0 atom stereocenters. The number of hydrogen-bond acceptors (Lipinski definition) is 4. The summed E-state index contributed by atoms with van der Waals surface area (Å²) in [7, 11) is 0. The lowest BCUT2D eigenvalue weighted by Crippen LogP contribution is -2.30. The van der Waals surface area contributed by atoms with E-state index in [4.69, 9.17) is 4.74 Å². The molecule has 0 radical (unpaired) electrons. The Labute approximate surface area is 104 Å². The van der Waals surface area contributed by atoms with Crippen molar-refractivity contribution < 1.29 is 9.53 Å². The number of amidine groups is 1. The molecule has 17 heavy (non-hydrogen) atoms. The third kappa shape index (κ3) is 4.20. The van der Waals surface area contributed by atoms with Crippen LogP contribution in [0.2, 0.25) is 0 Å². The van der Waals surface area contributed by atoms with Crippen molar-refractivity contribution in [3.63, 3.8) is 0 Å². The number of nitrogens with one attached hydrogen (secondary N) is 1. The summed E-state index contributed by atoms with van der Waals surface area (Å²) in [6, 6.07) is 9.78. The first-order chi connectivity index (χ1) is 8.34. The third-order valence-electron chi connectivity index (χ3n) is 2.18. The number of carbonyl (C=O) groups excluding carboxylic acids is 1. The van der Waals surface area contributed by atoms with Crippen molar-refractivity contribution in [2.45, 2.75) is 6.61 Å². The highest BCUT2D eigenvalue weighted by Gasteiger charge is 2.10. The molecule has 1 N–H and O–H groups in total. The fraction of sp³-hybridized carbons (Fsp3) is 0.333. The van der Waals surface area contributed by atoms with Gasteiger partial charge in [0.1, 0.15) is 6.61 Å². The van der Waals surface area contributed by atoms with Gasteiger partial charge in [-0.1, -0.05) is 42.1 Å². The molecule has 1 aliphatic rings. The molecule has 0 saturated heterocycles. The lowest BCUT2D eigenvalue weighted by molar-refractivity contribution is -0.124. The second kappa shape index (κ2) is 6.42. The van der Waals surface area contributed by atoms with Gasteiger partial charge in [0.2, 0.25) is 0 Å². The van der Waals surface area contributed by atoms with E-state index in [-0.39, 0.29) is 12.5 Å². The minimum absolute atomic E-state index is 0.0640. The molecule has 0 spiro atoms. The molecular weight excluding hydrogens is 236 g/mol. The summed E-state index contributed by atoms with van der Waals surface area (Å²) < 4.78 is 5.32. The van der Waals surface area contributed by atoms with Crippen molar-refractivity contribution in [3.8, 4) is 0 Å². The zero-order valence-corrected chi connectivity index (χ0v) is 10.2. The number of thioether (sulfide) groups is 1. The maximum Gasteiger partial charge on any atom is 0.251 e. The SMILES string of the molecule is O=C(COCc1ccccc1)NC1=NCCS1. The first-order valence-electron chi connectivity index (χ1n) is 5.43. The Morgan fingerprint density at radius 2 is 2.24 bits per heavy atom. The Morgan fingerprint density at radius 3 is 2.94 bits per heavy atom. The molecule has 1 heterocycles. The maximum atomic E-state index is 11.5. The second-order valence-corrected chi connectivity index (χ2v) is 4.65. The Kier molecular flexibility index (Phi) is 4.58. The quantitative estimate of drug-likeness (QED) is 0.879. The molecule has 1 aliphatic heterocycles. The molecular formula is C12H14N2O2S. The number of hydrogen-bond donors (Lipinski definition) is 1. The highest BCUT2D eigenvalue weighted by molar-refractivity contribution is 8.14. The summed E-state index contributed by atoms with van der Waals surface area (Å²) in [5.41, 5.74) is 1.06. The summed E-state index contributed by atoms with van der Waals surface area (Å²) in [5, 5.41) is 3.42. The number of aliphatic imine (C=N–C) groups is 1. The van der Waals surface area contributed by atoms with E-state index in [0.29, 0.717) is 11.8 Å². The van der Waals surface area contributed by atoms with Crippen LogP contribution in [0.1, 0.15) is 5.56 Å². The fourth-order valence-corrected chi connectivity index (χ4v) is 2.15. The number of benzene rings is 1. The van der Waals surface area contributed by atoms with Crippen molar-refractivity contribution in [3.05, 3.63) is 35.9 Å². The standard InChI is InChI=1S/C12H14N2O2S/c15-11(14-12-13-6-7-17-12)9-16-8-10-4-2-1-3-5-10/h1-5H,6-9H2,(H,13,14,15). The van der Waals surface area contributed by atoms with Gasteiger partial charge in [-0.2, -0.15) is 0 Å². The predicted octanol–water partition coefficient (Wildman–Crippen LogP) is 1.42. The van der Waals surface area contributed by atoms with Gasteiger partial charge < -0.3 is 10.1 Å². The first kappa shape index (κ1) is 12.1. The van der Waals surface area contributed by atoms with Crippen molar-refractivity contribution in [2.75, 3.05) is 18.9 Å². The monoisotopic (exact) mass is 250 g/mol. The lowest BCUT2D eigenvalue weighted by Gasteiger charge is -2.05. The van der Waals surface area contributed by atoms with Gasteiger partial charge in [0.25, 0.3) is 5.91 Å². The molecule has 0 bridgehead atoms. The van der Waals surface area contributed by atoms with E-state index in [9.17, 15) is 4.79 Å². The molecule has 0 aliphatic carbocycles. The predicted molar refractivity (Wildman–Crippen MR) is 69.0 cm³/mol. The van der Waals surface area contributed by atoms with Gasteiger partial charge in [-0.3, -0.25) is 9.79 Å². The molecule has 1 aromatic rings. The molecule has 4 nitrogen and oxygen atoms in total. The van der Waals surface area contributed by atoms with Gasteiger partial charge in [0.15, 0.2) is 5.17 Å². The zero-order chi connectivity index (χ0) is 11.9. The van der Waals surface area contributed by atoms with Gasteiger partial charge in [-0.25, -0.2) is 0 Å². The van der Waals surface area contributed by atoms with Crippen LogP contribution in [0.5, 0.6) is 0 Å². The van der Waals surface area contributed by atoms with Crippen molar-refractivity contribution in [2.24, 2.45) is 4.99 Å². The minimum atomic E-state index is -0.144. The third-order valence-corrected chi connectivity index (χ3v) is 3.07. The summed E-state index contributed by atoms with van der Waals surface area (Å²) in [6.07, 6.45) is 0. The normalized spacial score (nSPS) is 14.5. The number of rotatable bonds is 4. The van der Waals surface area contributed by atoms with Gasteiger partial charge in [-0.15, -0.1) is 0 Å². The summed E-state index contributed by atoms with van der Waals surface area (Å²) in [5.74, 6) is 0.801. The Bertz CT molecular complexity index is 406. The highest BCUT2D eigenvalue weighted by atomic mass is 32.2. The second-order valence-electron chi connectivity index (χ2n) is 3.56. The van der Waals surface area contributed by atoms with E-state index in [0.717, 1.165) is 17.9 Å². The van der Waals surface area contributed by atoms with Crippen LogP contribution in [0, 0.1) is 0 Å². The van der Waals surface area contributed by atoms with E-state index in [1.54, 1.807) is 11.8 Å². The molecule has 1 aromatic carbocycles. The van der Waals surface area contributed by atoms with Crippen LogP contribution in [0.15, 0.2) is 35.3 Å². The van der Waals surface area contributed by atoms with Gasteiger partial charge >= 0.3 is 0 Å². The summed E-state index contributed by atoms with van der Waals surface area (Å²) >= 11 is 1.56. The number of amides is 1. The van der Waals surface area contributed by atoms with Gasteiger partial charge in [0.05, 0.1) is 13.2 Å². The van der Waals surface area contributed by atoms with E-state index in [1.165, 1.54) is 0 Å². The van der Waals surface area contributed by atoms with Crippen molar-refractivity contribution >= 4 is 22.8 Å². The Balaban J connectivity index is 1.66. The van der Waals surface area contributed by atoms with Crippen LogP contribution in [0.4, 0.5) is 0 Å². The molecule has 1 amide bonds. The van der Waals surface area contributed by atoms with E-state index in [2.05, 4.69) is 10.3 Å². The van der Waals surface area contributed by atoms with E-state index in [1.807, 2.05) is 30.3 Å². The minimum Gasteiger partial charge on any atom is -0.367 e. The van der Waals surface area contributed by atoms with Crippen LogP contribution in [-0.2, 0) is 16.1 Å². The van der Waals surface area contributed by atoms with Crippen LogP contribution >= 0.6 is 11.8 Å². The average Bonchev–Trinajstić information content (AvgIpc) is 2.83. The molecule has 0 aromatic heterocycles. The average molecular weight is 250 g/mol. The van der Waals surface area contributed by atoms with Crippen LogP contribution in [-0.4, -0.2) is 30.0 Å². The zero-order valence-electron chi connectivity index (χ0n) is 9.39. The van der Waals surface area contributed by atoms with Crippen molar-refractivity contribution in [1.82, 2.24) is 5.32 Å². The van der Waals surface area contributed by atoms with Gasteiger partial charge in [-0.05, 0) is 5.56 Å². The van der Waals surface area contributed by atoms with Crippen LogP contribution in [0.3, 0.4) is 0 Å². The maximum absolute atomic E-state index is 11.5. The molecule has 0 saturated carbocycles. The van der Waals surface area contributed by atoms with Crippen molar-refractivity contribution in [1.29, 1.82) is 0 Å². The van der Waals surface area contributed by atoms with E-state index >= 15 is 0 Å². The van der Waals surface area contributed by atoms with Crippen LogP contribution in [0.25, 0.3) is 0 Å². The lowest BCUT2D eigenvalue weighted by atomic mass is 10.2. The van der Waals surface area contributed by atoms with E-state index < -0.39 is 0 Å². The van der Waals surface area contributed by atoms with Crippen LogP contribution < -0.4 is 5.32 Å². The Morgan fingerprint density at radius 1 is 1.41 bits per heavy atom. The Hall–Kier alpha value is -1.33. The molecule has 0 unspecified atom stereocenters. The number of carbonyl (C=O) groups is 1. The smallest absolute Gasteiger partial charge is 0.251 e. The molecule has 5 heteroatoms. The number of ether oxygens (including phenoxy) is 1. The van der Waals surface area contributed by atoms with Gasteiger partial charge in [0, 0.05) is 5.75 Å². The topological polar surface area (TPSA) is 50.7 Å². The molecule has 0 fully saturated rings. The molecule has 90 valence electrons.